The number of hydrogen-bond donors (Lipinski definition) is 1. The molecule has 0 bridgehead atoms. The average Bonchev–Trinajstić information content (AvgIpc) is 2.68. The Kier molecular flexibility index (Phi) is 5.58. The maximum absolute atomic E-state index is 12.7. The van der Waals surface area contributed by atoms with Gasteiger partial charge in [0.25, 0.3) is 5.91 Å². The minimum absolute atomic E-state index is 0.136. The number of fused-ring (bicyclic) bond motifs is 1. The van der Waals surface area contributed by atoms with Crippen molar-refractivity contribution in [3.63, 3.8) is 0 Å². The molecule has 1 heterocycles. The highest BCUT2D eigenvalue weighted by Crippen LogP contribution is 2.21. The molecule has 0 atom stereocenters. The monoisotopic (exact) mass is 382 g/mol. The zero-order valence-electron chi connectivity index (χ0n) is 14.6. The number of likely N-dealkylation sites (N-methyl/N-ethyl adjacent to an activating group) is 1. The van der Waals surface area contributed by atoms with Crippen molar-refractivity contribution in [1.29, 1.82) is 0 Å². The molecule has 0 saturated carbocycles. The first-order chi connectivity index (χ1) is 13.0. The fourth-order valence-corrected chi connectivity index (χ4v) is 3.62. The third-order valence-electron chi connectivity index (χ3n) is 3.90. The lowest BCUT2D eigenvalue weighted by molar-refractivity contribution is -0.121. The van der Waals surface area contributed by atoms with Crippen molar-refractivity contribution in [3.8, 4) is 0 Å². The number of aromatic nitrogens is 1. The molecule has 8 heteroatoms. The van der Waals surface area contributed by atoms with Gasteiger partial charge in [-0.2, -0.15) is 9.41 Å². The standard InChI is InChI=1S/C19H18N4O3S/c1-23(14-19(24)22-21-13-15-8-10-20-11-9-15)27(25,26)18-7-6-16-4-2-3-5-17(16)12-18/h2-13H,14H2,1H3,(H,22,24)/b21-13+. The fraction of sp³-hybridized carbons (Fsp3) is 0.105. The number of hydrazone groups is 1. The SMILES string of the molecule is CN(CC(=O)N/N=C/c1ccncc1)S(=O)(=O)c1ccc2ccccc2c1. The molecule has 27 heavy (non-hydrogen) atoms. The summed E-state index contributed by atoms with van der Waals surface area (Å²) in [5.41, 5.74) is 3.09. The van der Waals surface area contributed by atoms with Crippen molar-refractivity contribution in [2.45, 2.75) is 4.90 Å². The van der Waals surface area contributed by atoms with Gasteiger partial charge >= 0.3 is 0 Å². The number of carbonyl (C=O) groups excluding carboxylic acids is 1. The number of pyridine rings is 1. The molecule has 0 fully saturated rings. The number of sulfonamides is 1. The summed E-state index contributed by atoms with van der Waals surface area (Å²) in [6.07, 6.45) is 4.66. The third kappa shape index (κ3) is 4.55. The topological polar surface area (TPSA) is 91.7 Å². The number of amides is 1. The van der Waals surface area contributed by atoms with Gasteiger partial charge in [-0.05, 0) is 40.6 Å². The van der Waals surface area contributed by atoms with Crippen LogP contribution in [0.15, 0.2) is 77.0 Å². The van der Waals surface area contributed by atoms with Gasteiger partial charge in [-0.25, -0.2) is 13.8 Å². The van der Waals surface area contributed by atoms with Crippen LogP contribution in [0.25, 0.3) is 10.8 Å². The molecule has 0 aliphatic rings. The van der Waals surface area contributed by atoms with E-state index in [1.54, 1.807) is 36.7 Å². The Balaban J connectivity index is 1.67. The summed E-state index contributed by atoms with van der Waals surface area (Å²) < 4.78 is 26.4. The summed E-state index contributed by atoms with van der Waals surface area (Å²) in [5, 5.41) is 5.58. The molecule has 0 saturated heterocycles. The molecule has 3 rings (SSSR count). The van der Waals surface area contributed by atoms with Crippen LogP contribution in [-0.2, 0) is 14.8 Å². The van der Waals surface area contributed by atoms with Crippen molar-refractivity contribution in [1.82, 2.24) is 14.7 Å². The van der Waals surface area contributed by atoms with E-state index in [1.807, 2.05) is 24.3 Å². The maximum atomic E-state index is 12.7. The lowest BCUT2D eigenvalue weighted by Gasteiger charge is -2.16. The van der Waals surface area contributed by atoms with Crippen molar-refractivity contribution < 1.29 is 13.2 Å². The summed E-state index contributed by atoms with van der Waals surface area (Å²) in [5.74, 6) is -0.535. The quantitative estimate of drug-likeness (QED) is 0.521. The predicted octanol–water partition coefficient (Wildman–Crippen LogP) is 2.01. The van der Waals surface area contributed by atoms with Crippen LogP contribution < -0.4 is 5.43 Å². The van der Waals surface area contributed by atoms with E-state index in [0.29, 0.717) is 0 Å². The first-order valence-corrected chi connectivity index (χ1v) is 9.58. The van der Waals surface area contributed by atoms with E-state index in [2.05, 4.69) is 15.5 Å². The molecule has 1 aromatic heterocycles. The molecule has 0 radical (unpaired) electrons. The number of nitrogens with one attached hydrogen (secondary N) is 1. The van der Waals surface area contributed by atoms with Crippen molar-refractivity contribution in [2.24, 2.45) is 5.10 Å². The number of benzene rings is 2. The number of carbonyl (C=O) groups is 1. The highest BCUT2D eigenvalue weighted by molar-refractivity contribution is 7.89. The molecule has 0 aliphatic carbocycles. The molecule has 2 aromatic carbocycles. The second kappa shape index (κ2) is 8.07. The Morgan fingerprint density at radius 1 is 1.11 bits per heavy atom. The Morgan fingerprint density at radius 2 is 1.81 bits per heavy atom. The molecule has 3 aromatic rings. The summed E-state index contributed by atoms with van der Waals surface area (Å²) in [6, 6.07) is 15.8. The molecule has 0 unspecified atom stereocenters. The van der Waals surface area contributed by atoms with Crippen LogP contribution in [0.3, 0.4) is 0 Å². The van der Waals surface area contributed by atoms with E-state index in [4.69, 9.17) is 0 Å². The lowest BCUT2D eigenvalue weighted by atomic mass is 10.1. The number of hydrogen-bond acceptors (Lipinski definition) is 5. The van der Waals surface area contributed by atoms with Crippen molar-refractivity contribution in [3.05, 3.63) is 72.6 Å². The highest BCUT2D eigenvalue weighted by Gasteiger charge is 2.23. The maximum Gasteiger partial charge on any atom is 0.255 e. The molecule has 1 amide bonds. The molecule has 1 N–H and O–H groups in total. The molecule has 7 nitrogen and oxygen atoms in total. The van der Waals surface area contributed by atoms with E-state index in [0.717, 1.165) is 20.6 Å². The van der Waals surface area contributed by atoms with Crippen LogP contribution in [0.4, 0.5) is 0 Å². The van der Waals surface area contributed by atoms with E-state index >= 15 is 0 Å². The van der Waals surface area contributed by atoms with E-state index < -0.39 is 15.9 Å². The van der Waals surface area contributed by atoms with Gasteiger partial charge in [0.1, 0.15) is 0 Å². The first kappa shape index (κ1) is 18.7. The molecule has 138 valence electrons. The third-order valence-corrected chi connectivity index (χ3v) is 5.70. The Bertz CT molecular complexity index is 1080. The van der Waals surface area contributed by atoms with Gasteiger partial charge < -0.3 is 0 Å². The molecular weight excluding hydrogens is 364 g/mol. The second-order valence-electron chi connectivity index (χ2n) is 5.84. The number of rotatable bonds is 6. The Hall–Kier alpha value is -3.10. The van der Waals surface area contributed by atoms with Gasteiger partial charge in [0.15, 0.2) is 0 Å². The van der Waals surface area contributed by atoms with Gasteiger partial charge in [-0.3, -0.25) is 9.78 Å². The fourth-order valence-electron chi connectivity index (χ4n) is 2.46. The largest absolute Gasteiger partial charge is 0.272 e. The summed E-state index contributed by atoms with van der Waals surface area (Å²) in [7, 11) is -2.43. The van der Waals surface area contributed by atoms with Crippen LogP contribution in [0.1, 0.15) is 5.56 Å². The molecule has 0 aliphatic heterocycles. The van der Waals surface area contributed by atoms with Gasteiger partial charge in [-0.1, -0.05) is 30.3 Å². The Labute approximate surface area is 157 Å². The van der Waals surface area contributed by atoms with Gasteiger partial charge in [0, 0.05) is 19.4 Å². The van der Waals surface area contributed by atoms with Crippen LogP contribution >= 0.6 is 0 Å². The van der Waals surface area contributed by atoms with E-state index in [1.165, 1.54) is 19.3 Å². The summed E-state index contributed by atoms with van der Waals surface area (Å²) in [4.78, 5) is 16.0. The molecule has 0 spiro atoms. The minimum atomic E-state index is -3.79. The smallest absolute Gasteiger partial charge is 0.255 e. The average molecular weight is 382 g/mol. The highest BCUT2D eigenvalue weighted by atomic mass is 32.2. The predicted molar refractivity (Wildman–Crippen MR) is 104 cm³/mol. The van der Waals surface area contributed by atoms with Crippen LogP contribution in [0, 0.1) is 0 Å². The van der Waals surface area contributed by atoms with Gasteiger partial charge in [0.2, 0.25) is 10.0 Å². The number of nitrogens with zero attached hydrogens (tertiary/aromatic N) is 3. The van der Waals surface area contributed by atoms with Gasteiger partial charge in [-0.15, -0.1) is 0 Å². The second-order valence-corrected chi connectivity index (χ2v) is 7.89. The van der Waals surface area contributed by atoms with Crippen molar-refractivity contribution in [2.75, 3.05) is 13.6 Å². The summed E-state index contributed by atoms with van der Waals surface area (Å²) in [6.45, 7) is -0.344. The first-order valence-electron chi connectivity index (χ1n) is 8.14. The minimum Gasteiger partial charge on any atom is -0.272 e. The molecular formula is C19H18N4O3S. The van der Waals surface area contributed by atoms with Crippen LogP contribution in [-0.4, -0.2) is 43.4 Å². The Morgan fingerprint density at radius 3 is 2.56 bits per heavy atom. The van der Waals surface area contributed by atoms with Crippen LogP contribution in [0.5, 0.6) is 0 Å². The lowest BCUT2D eigenvalue weighted by Crippen LogP contribution is -2.36. The zero-order chi connectivity index (χ0) is 19.3. The van der Waals surface area contributed by atoms with Gasteiger partial charge in [0.05, 0.1) is 17.7 Å². The summed E-state index contributed by atoms with van der Waals surface area (Å²) >= 11 is 0. The van der Waals surface area contributed by atoms with Crippen LogP contribution in [0.2, 0.25) is 0 Å². The van der Waals surface area contributed by atoms with Crippen molar-refractivity contribution >= 4 is 32.9 Å². The van der Waals surface area contributed by atoms with E-state index in [9.17, 15) is 13.2 Å². The van der Waals surface area contributed by atoms with E-state index in [-0.39, 0.29) is 11.4 Å². The zero-order valence-corrected chi connectivity index (χ0v) is 15.4. The normalized spacial score (nSPS) is 11.9.